The average Bonchev–Trinajstić information content (AvgIpc) is 2.91. The Balaban J connectivity index is 2.52. The molecule has 0 unspecified atom stereocenters. The van der Waals surface area contributed by atoms with Crippen LogP contribution in [0.3, 0.4) is 0 Å². The van der Waals surface area contributed by atoms with Crippen molar-refractivity contribution in [2.45, 2.75) is 0 Å². The lowest BCUT2D eigenvalue weighted by Gasteiger charge is -2.13. The Morgan fingerprint density at radius 3 is 2.42 bits per heavy atom. The second-order valence-corrected chi connectivity index (χ2v) is 3.98. The molecule has 1 aromatic carbocycles. The first kappa shape index (κ1) is 11.6. The Hall–Kier alpha value is -2.43. The maximum atomic E-state index is 5.51. The van der Waals surface area contributed by atoms with Crippen LogP contribution in [-0.2, 0) is 0 Å². The second-order valence-electron chi connectivity index (χ2n) is 3.98. The van der Waals surface area contributed by atoms with Gasteiger partial charge in [-0.05, 0) is 18.2 Å². The molecule has 0 aliphatic carbocycles. The summed E-state index contributed by atoms with van der Waals surface area (Å²) in [5.41, 5.74) is 1.27. The van der Waals surface area contributed by atoms with E-state index in [2.05, 4.69) is 4.98 Å². The largest absolute Gasteiger partial charge is 0.495 e. The first-order valence-electron chi connectivity index (χ1n) is 5.76. The summed E-state index contributed by atoms with van der Waals surface area (Å²) in [6.07, 6.45) is 1.59. The molecular weight excluding hydrogens is 246 g/mol. The summed E-state index contributed by atoms with van der Waals surface area (Å²) in [5.74, 6) is 1.91. The molecule has 0 amide bonds. The van der Waals surface area contributed by atoms with Gasteiger partial charge < -0.3 is 18.6 Å². The number of furan rings is 1. The van der Waals surface area contributed by atoms with E-state index in [1.807, 2.05) is 18.2 Å². The molecule has 2 heterocycles. The van der Waals surface area contributed by atoms with Gasteiger partial charge in [-0.2, -0.15) is 0 Å². The maximum Gasteiger partial charge on any atom is 0.230 e. The zero-order valence-corrected chi connectivity index (χ0v) is 10.9. The molecule has 2 aromatic heterocycles. The third-order valence-electron chi connectivity index (χ3n) is 3.07. The predicted octanol–water partition coefficient (Wildman–Crippen LogP) is 3.01. The molecule has 0 N–H and O–H groups in total. The van der Waals surface area contributed by atoms with Crippen LogP contribution in [0.15, 0.2) is 28.9 Å². The quantitative estimate of drug-likeness (QED) is 0.723. The highest BCUT2D eigenvalue weighted by atomic mass is 16.5. The van der Waals surface area contributed by atoms with Gasteiger partial charge in [0.05, 0.1) is 43.9 Å². The van der Waals surface area contributed by atoms with E-state index in [4.69, 9.17) is 18.6 Å². The highest BCUT2D eigenvalue weighted by Gasteiger charge is 2.18. The number of hydrogen-bond acceptors (Lipinski definition) is 5. The van der Waals surface area contributed by atoms with E-state index < -0.39 is 0 Å². The van der Waals surface area contributed by atoms with E-state index >= 15 is 0 Å². The van der Waals surface area contributed by atoms with Crippen molar-refractivity contribution in [3.05, 3.63) is 24.5 Å². The third-order valence-corrected chi connectivity index (χ3v) is 3.07. The molecule has 0 radical (unpaired) electrons. The zero-order valence-electron chi connectivity index (χ0n) is 10.9. The molecular formula is C14H13NO4. The number of pyridine rings is 1. The van der Waals surface area contributed by atoms with Crippen molar-refractivity contribution in [2.24, 2.45) is 0 Å². The molecule has 5 nitrogen and oxygen atoms in total. The van der Waals surface area contributed by atoms with Crippen LogP contribution in [0.5, 0.6) is 17.2 Å². The van der Waals surface area contributed by atoms with E-state index in [-0.39, 0.29) is 0 Å². The predicted molar refractivity (Wildman–Crippen MR) is 71.2 cm³/mol. The summed E-state index contributed by atoms with van der Waals surface area (Å²) >= 11 is 0. The number of benzene rings is 1. The molecule has 0 aliphatic rings. The molecule has 5 heteroatoms. The van der Waals surface area contributed by atoms with Crippen molar-refractivity contribution in [3.8, 4) is 17.2 Å². The minimum Gasteiger partial charge on any atom is -0.495 e. The van der Waals surface area contributed by atoms with Crippen LogP contribution in [0.25, 0.3) is 22.0 Å². The van der Waals surface area contributed by atoms with Gasteiger partial charge in [-0.3, -0.25) is 0 Å². The zero-order chi connectivity index (χ0) is 13.4. The van der Waals surface area contributed by atoms with Crippen molar-refractivity contribution < 1.29 is 18.6 Å². The molecule has 98 valence electrons. The molecule has 0 fully saturated rings. The number of hydrogen-bond donors (Lipinski definition) is 0. The molecule has 3 aromatic rings. The topological polar surface area (TPSA) is 53.7 Å². The Bertz CT molecular complexity index is 748. The van der Waals surface area contributed by atoms with Crippen LogP contribution in [0.4, 0.5) is 0 Å². The first-order valence-corrected chi connectivity index (χ1v) is 5.76. The molecule has 0 saturated heterocycles. The van der Waals surface area contributed by atoms with Crippen molar-refractivity contribution in [1.82, 2.24) is 4.98 Å². The highest BCUT2D eigenvalue weighted by molar-refractivity contribution is 6.03. The van der Waals surface area contributed by atoms with Gasteiger partial charge in [0, 0.05) is 0 Å². The number of nitrogens with zero attached hydrogens (tertiary/aromatic N) is 1. The molecule has 0 spiro atoms. The minimum absolute atomic E-state index is 0.538. The summed E-state index contributed by atoms with van der Waals surface area (Å²) in [6.45, 7) is 0. The van der Waals surface area contributed by atoms with Crippen molar-refractivity contribution in [2.75, 3.05) is 21.3 Å². The number of rotatable bonds is 3. The fraction of sp³-hybridized carbons (Fsp3) is 0.214. The van der Waals surface area contributed by atoms with E-state index in [1.54, 1.807) is 27.6 Å². The fourth-order valence-electron chi connectivity index (χ4n) is 2.25. The first-order chi connectivity index (χ1) is 9.30. The van der Waals surface area contributed by atoms with Crippen LogP contribution in [0.1, 0.15) is 0 Å². The van der Waals surface area contributed by atoms with Gasteiger partial charge in [0.2, 0.25) is 5.71 Å². The second kappa shape index (κ2) is 4.35. The Kier molecular flexibility index (Phi) is 2.67. The van der Waals surface area contributed by atoms with E-state index in [1.165, 1.54) is 0 Å². The van der Waals surface area contributed by atoms with Gasteiger partial charge in [-0.15, -0.1) is 0 Å². The van der Waals surface area contributed by atoms with Crippen molar-refractivity contribution in [3.63, 3.8) is 0 Å². The van der Waals surface area contributed by atoms with E-state index in [0.717, 1.165) is 16.3 Å². The smallest absolute Gasteiger partial charge is 0.230 e. The molecule has 3 rings (SSSR count). The number of aromatic nitrogens is 1. The lowest BCUT2D eigenvalue weighted by Crippen LogP contribution is -1.95. The number of fused-ring (bicyclic) bond motifs is 2. The average molecular weight is 259 g/mol. The van der Waals surface area contributed by atoms with E-state index in [0.29, 0.717) is 23.0 Å². The van der Waals surface area contributed by atoms with Crippen molar-refractivity contribution >= 4 is 22.0 Å². The van der Waals surface area contributed by atoms with Gasteiger partial charge in [0.1, 0.15) is 5.75 Å². The maximum absolute atomic E-state index is 5.51. The normalized spacial score (nSPS) is 10.9. The number of methoxy groups -OCH3 is 3. The summed E-state index contributed by atoms with van der Waals surface area (Å²) in [5, 5.41) is 1.58. The molecule has 0 aliphatic heterocycles. The van der Waals surface area contributed by atoms with Gasteiger partial charge in [0.25, 0.3) is 0 Å². The lowest BCUT2D eigenvalue weighted by atomic mass is 10.1. The summed E-state index contributed by atoms with van der Waals surface area (Å²) in [7, 11) is 4.80. The summed E-state index contributed by atoms with van der Waals surface area (Å²) in [6, 6.07) is 5.48. The van der Waals surface area contributed by atoms with Crippen LogP contribution in [-0.4, -0.2) is 26.3 Å². The van der Waals surface area contributed by atoms with Gasteiger partial charge in [-0.25, -0.2) is 4.98 Å². The summed E-state index contributed by atoms with van der Waals surface area (Å²) < 4.78 is 21.6. The standard InChI is InChI=1S/C14H13NO4/c1-16-10-5-4-9-11(13(10)18-3)12(17-2)8-6-7-19-14(8)15-9/h4-7H,1-3H3. The van der Waals surface area contributed by atoms with Crippen LogP contribution >= 0.6 is 0 Å². The highest BCUT2D eigenvalue weighted by Crippen LogP contribution is 2.43. The Labute approximate surface area is 109 Å². The van der Waals surface area contributed by atoms with Gasteiger partial charge >= 0.3 is 0 Å². The molecule has 0 bridgehead atoms. The fourth-order valence-corrected chi connectivity index (χ4v) is 2.25. The van der Waals surface area contributed by atoms with Gasteiger partial charge in [-0.1, -0.05) is 0 Å². The number of ether oxygens (including phenoxy) is 3. The van der Waals surface area contributed by atoms with Crippen molar-refractivity contribution in [1.29, 1.82) is 0 Å². The minimum atomic E-state index is 0.538. The van der Waals surface area contributed by atoms with Crippen LogP contribution < -0.4 is 14.2 Å². The van der Waals surface area contributed by atoms with Crippen LogP contribution in [0, 0.1) is 0 Å². The molecule has 0 atom stereocenters. The Morgan fingerprint density at radius 2 is 1.74 bits per heavy atom. The Morgan fingerprint density at radius 1 is 0.947 bits per heavy atom. The third kappa shape index (κ3) is 1.58. The van der Waals surface area contributed by atoms with E-state index in [9.17, 15) is 0 Å². The monoisotopic (exact) mass is 259 g/mol. The summed E-state index contributed by atoms with van der Waals surface area (Å²) in [4.78, 5) is 4.45. The van der Waals surface area contributed by atoms with Crippen LogP contribution in [0.2, 0.25) is 0 Å². The van der Waals surface area contributed by atoms with Gasteiger partial charge in [0.15, 0.2) is 11.5 Å². The SMILES string of the molecule is COc1ccc2nc3occc3c(OC)c2c1OC. The lowest BCUT2D eigenvalue weighted by molar-refractivity contribution is 0.356. The molecule has 19 heavy (non-hydrogen) atoms. The molecule has 0 saturated carbocycles.